The monoisotopic (exact) mass is 231 g/mol. The van der Waals surface area contributed by atoms with Crippen LogP contribution in [0.15, 0.2) is 36.9 Å². The van der Waals surface area contributed by atoms with E-state index in [9.17, 15) is 0 Å². The van der Waals surface area contributed by atoms with E-state index < -0.39 is 0 Å². The van der Waals surface area contributed by atoms with Crippen LogP contribution in [0.3, 0.4) is 0 Å². The van der Waals surface area contributed by atoms with Crippen LogP contribution in [0.2, 0.25) is 0 Å². The molecule has 1 rings (SSSR count). The van der Waals surface area contributed by atoms with Gasteiger partial charge >= 0.3 is 0 Å². The van der Waals surface area contributed by atoms with Gasteiger partial charge in [0.15, 0.2) is 0 Å². The first-order valence-corrected chi connectivity index (χ1v) is 6.51. The topological polar surface area (TPSA) is 12.0 Å². The molecular weight excluding hydrogens is 206 g/mol. The molecule has 0 amide bonds. The Labute approximate surface area is 106 Å². The Balaban J connectivity index is 2.63. The van der Waals surface area contributed by atoms with E-state index in [1.165, 1.54) is 11.1 Å². The fourth-order valence-corrected chi connectivity index (χ4v) is 2.01. The summed E-state index contributed by atoms with van der Waals surface area (Å²) in [5.74, 6) is 0.604. The van der Waals surface area contributed by atoms with Gasteiger partial charge in [-0.25, -0.2) is 0 Å². The summed E-state index contributed by atoms with van der Waals surface area (Å²) in [5.41, 5.74) is 2.76. The molecule has 0 spiro atoms. The molecule has 0 heterocycles. The van der Waals surface area contributed by atoms with Crippen LogP contribution in [0.25, 0.3) is 0 Å². The van der Waals surface area contributed by atoms with Gasteiger partial charge in [-0.15, -0.1) is 6.58 Å². The third-order valence-corrected chi connectivity index (χ3v) is 3.16. The third kappa shape index (κ3) is 4.35. The van der Waals surface area contributed by atoms with Gasteiger partial charge in [-0.3, -0.25) is 0 Å². The molecule has 0 radical (unpaired) electrons. The van der Waals surface area contributed by atoms with Crippen LogP contribution in [0.1, 0.15) is 57.2 Å². The van der Waals surface area contributed by atoms with Crippen LogP contribution < -0.4 is 5.32 Å². The predicted octanol–water partition coefficient (Wildman–Crippen LogP) is 4.43. The molecule has 0 fully saturated rings. The summed E-state index contributed by atoms with van der Waals surface area (Å²) < 4.78 is 0. The summed E-state index contributed by atoms with van der Waals surface area (Å²) in [6.45, 7) is 12.6. The second-order valence-electron chi connectivity index (χ2n) is 5.14. The molecule has 0 aliphatic heterocycles. The van der Waals surface area contributed by atoms with Crippen molar-refractivity contribution < 1.29 is 0 Å². The molecule has 1 N–H and O–H groups in total. The van der Waals surface area contributed by atoms with Crippen LogP contribution in [-0.2, 0) is 0 Å². The maximum atomic E-state index is 3.77. The van der Waals surface area contributed by atoms with E-state index in [4.69, 9.17) is 0 Å². The van der Waals surface area contributed by atoms with Crippen LogP contribution in [0.4, 0.5) is 0 Å². The van der Waals surface area contributed by atoms with E-state index in [-0.39, 0.29) is 0 Å². The first-order valence-electron chi connectivity index (χ1n) is 6.51. The van der Waals surface area contributed by atoms with Crippen molar-refractivity contribution in [3.05, 3.63) is 48.0 Å². The average Bonchev–Trinajstić information content (AvgIpc) is 2.29. The number of hydrogen-bond donors (Lipinski definition) is 1. The summed E-state index contributed by atoms with van der Waals surface area (Å²) >= 11 is 0. The van der Waals surface area contributed by atoms with Gasteiger partial charge in [-0.2, -0.15) is 0 Å². The van der Waals surface area contributed by atoms with Crippen LogP contribution in [0, 0.1) is 0 Å². The van der Waals surface area contributed by atoms with Crippen molar-refractivity contribution in [1.82, 2.24) is 5.32 Å². The van der Waals surface area contributed by atoms with Crippen molar-refractivity contribution in [3.8, 4) is 0 Å². The summed E-state index contributed by atoms with van der Waals surface area (Å²) in [6, 6.07) is 9.80. The predicted molar refractivity (Wildman–Crippen MR) is 76.4 cm³/mol. The number of rotatable bonds is 6. The van der Waals surface area contributed by atoms with E-state index in [0.717, 1.165) is 6.42 Å². The minimum atomic E-state index is 0.395. The second-order valence-corrected chi connectivity index (χ2v) is 5.14. The van der Waals surface area contributed by atoms with Crippen molar-refractivity contribution in [2.45, 2.75) is 52.1 Å². The average molecular weight is 231 g/mol. The number of nitrogens with one attached hydrogen (secondary N) is 1. The largest absolute Gasteiger partial charge is 0.307 e. The highest BCUT2D eigenvalue weighted by atomic mass is 14.9. The van der Waals surface area contributed by atoms with Crippen LogP contribution >= 0.6 is 0 Å². The fraction of sp³-hybridized carbons (Fsp3) is 0.500. The highest BCUT2D eigenvalue weighted by Gasteiger charge is 2.08. The summed E-state index contributed by atoms with van der Waals surface area (Å²) in [6.07, 6.45) is 2.97. The minimum absolute atomic E-state index is 0.395. The van der Waals surface area contributed by atoms with Gasteiger partial charge < -0.3 is 5.32 Å². The van der Waals surface area contributed by atoms with Crippen molar-refractivity contribution in [2.75, 3.05) is 0 Å². The fourth-order valence-electron chi connectivity index (χ4n) is 2.01. The minimum Gasteiger partial charge on any atom is -0.307 e. The van der Waals surface area contributed by atoms with Gasteiger partial charge in [0.05, 0.1) is 0 Å². The zero-order valence-corrected chi connectivity index (χ0v) is 11.5. The van der Waals surface area contributed by atoms with Crippen molar-refractivity contribution in [3.63, 3.8) is 0 Å². The lowest BCUT2D eigenvalue weighted by atomic mass is 9.99. The standard InChI is InChI=1S/C16H25N/c1-6-7-13(4)17-14(5)16-10-8-15(9-11-16)12(2)3/h6,8-14,17H,1,7H2,2-5H3. The first-order chi connectivity index (χ1) is 8.04. The van der Waals surface area contributed by atoms with Crippen LogP contribution in [-0.4, -0.2) is 6.04 Å². The third-order valence-electron chi connectivity index (χ3n) is 3.16. The molecule has 0 bridgehead atoms. The quantitative estimate of drug-likeness (QED) is 0.714. The van der Waals surface area contributed by atoms with E-state index in [0.29, 0.717) is 18.0 Å². The molecule has 1 nitrogen and oxygen atoms in total. The maximum Gasteiger partial charge on any atom is 0.0294 e. The lowest BCUT2D eigenvalue weighted by Crippen LogP contribution is -2.28. The van der Waals surface area contributed by atoms with Crippen molar-refractivity contribution in [2.24, 2.45) is 0 Å². The SMILES string of the molecule is C=CCC(C)NC(C)c1ccc(C(C)C)cc1. The van der Waals surface area contributed by atoms with E-state index in [1.807, 2.05) is 6.08 Å². The van der Waals surface area contributed by atoms with Gasteiger partial charge in [-0.05, 0) is 37.3 Å². The lowest BCUT2D eigenvalue weighted by molar-refractivity contribution is 0.482. The first kappa shape index (κ1) is 14.0. The Morgan fingerprint density at radius 2 is 1.59 bits per heavy atom. The highest BCUT2D eigenvalue weighted by Crippen LogP contribution is 2.19. The Hall–Kier alpha value is -1.08. The van der Waals surface area contributed by atoms with Gasteiger partial charge in [0.1, 0.15) is 0 Å². The molecule has 2 atom stereocenters. The molecule has 0 aliphatic carbocycles. The van der Waals surface area contributed by atoms with Gasteiger partial charge in [0.2, 0.25) is 0 Å². The van der Waals surface area contributed by atoms with Crippen molar-refractivity contribution in [1.29, 1.82) is 0 Å². The number of hydrogen-bond acceptors (Lipinski definition) is 1. The molecule has 94 valence electrons. The molecule has 0 aliphatic rings. The van der Waals surface area contributed by atoms with Crippen molar-refractivity contribution >= 4 is 0 Å². The Kier molecular flexibility index (Phi) is 5.43. The Morgan fingerprint density at radius 3 is 2.06 bits per heavy atom. The molecule has 1 aromatic carbocycles. The summed E-state index contributed by atoms with van der Waals surface area (Å²) in [5, 5.41) is 3.57. The smallest absolute Gasteiger partial charge is 0.0294 e. The molecule has 1 aromatic rings. The lowest BCUT2D eigenvalue weighted by Gasteiger charge is -2.20. The molecule has 0 aromatic heterocycles. The van der Waals surface area contributed by atoms with E-state index >= 15 is 0 Å². The molecule has 1 heteroatoms. The number of benzene rings is 1. The Morgan fingerprint density at radius 1 is 1.06 bits per heavy atom. The highest BCUT2D eigenvalue weighted by molar-refractivity contribution is 5.26. The van der Waals surface area contributed by atoms with Gasteiger partial charge in [0, 0.05) is 12.1 Å². The second kappa shape index (κ2) is 6.61. The van der Waals surface area contributed by atoms with E-state index in [2.05, 4.69) is 63.9 Å². The molecule has 17 heavy (non-hydrogen) atoms. The normalized spacial score (nSPS) is 14.6. The molecule has 0 saturated heterocycles. The molecule has 2 unspecified atom stereocenters. The Bertz CT molecular complexity index is 337. The molecular formula is C16H25N. The zero-order chi connectivity index (χ0) is 12.8. The van der Waals surface area contributed by atoms with Crippen LogP contribution in [0.5, 0.6) is 0 Å². The molecule has 0 saturated carbocycles. The zero-order valence-electron chi connectivity index (χ0n) is 11.5. The summed E-state index contributed by atoms with van der Waals surface area (Å²) in [4.78, 5) is 0. The van der Waals surface area contributed by atoms with Gasteiger partial charge in [0.25, 0.3) is 0 Å². The van der Waals surface area contributed by atoms with E-state index in [1.54, 1.807) is 0 Å². The summed E-state index contributed by atoms with van der Waals surface area (Å²) in [7, 11) is 0. The maximum absolute atomic E-state index is 3.77. The van der Waals surface area contributed by atoms with Gasteiger partial charge in [-0.1, -0.05) is 44.2 Å².